The van der Waals surface area contributed by atoms with Crippen LogP contribution in [0.3, 0.4) is 0 Å². The van der Waals surface area contributed by atoms with Crippen molar-refractivity contribution in [2.75, 3.05) is 23.9 Å². The van der Waals surface area contributed by atoms with Crippen LogP contribution in [-0.2, 0) is 9.59 Å². The summed E-state index contributed by atoms with van der Waals surface area (Å²) in [4.78, 5) is 27.9. The average Bonchev–Trinajstić information content (AvgIpc) is 3.36. The highest BCUT2D eigenvalue weighted by Gasteiger charge is 2.36. The first-order valence-electron chi connectivity index (χ1n) is 11.8. The molecule has 37 heavy (non-hydrogen) atoms. The summed E-state index contributed by atoms with van der Waals surface area (Å²) in [6, 6.07) is 25.5. The second-order valence-electron chi connectivity index (χ2n) is 8.35. The van der Waals surface area contributed by atoms with Gasteiger partial charge in [-0.05, 0) is 42.0 Å². The molecule has 9 heteroatoms. The summed E-state index contributed by atoms with van der Waals surface area (Å²) in [5.74, 6) is 0.381. The van der Waals surface area contributed by atoms with Crippen molar-refractivity contribution in [3.63, 3.8) is 0 Å². The van der Waals surface area contributed by atoms with E-state index in [4.69, 9.17) is 16.3 Å². The van der Waals surface area contributed by atoms with Gasteiger partial charge in [0.15, 0.2) is 0 Å². The van der Waals surface area contributed by atoms with Crippen LogP contribution in [0.15, 0.2) is 84.0 Å². The van der Waals surface area contributed by atoms with E-state index in [0.717, 1.165) is 5.56 Å². The van der Waals surface area contributed by atoms with Crippen LogP contribution >= 0.6 is 11.6 Å². The van der Waals surface area contributed by atoms with Crippen LogP contribution in [-0.4, -0.2) is 36.3 Å². The standard InChI is InChI=1S/C28H26ClN5O3/c1-37-22-14-12-21(13-15-22)31-27(35)19-28(36)34-25(20-8-3-2-4-9-20)18-26(32-34)33(17-7-16-30)24-11-6-5-10-23(24)29/h2-6,8-15,25H,7,17-19H2,1H3,(H,31,35)/t25-/m0/s1. The van der Waals surface area contributed by atoms with E-state index in [9.17, 15) is 14.9 Å². The highest BCUT2D eigenvalue weighted by atomic mass is 35.5. The number of amides is 2. The quantitative estimate of drug-likeness (QED) is 0.406. The van der Waals surface area contributed by atoms with Crippen LogP contribution < -0.4 is 15.0 Å². The lowest BCUT2D eigenvalue weighted by Gasteiger charge is -2.24. The zero-order valence-corrected chi connectivity index (χ0v) is 21.1. The molecule has 0 aromatic heterocycles. The fraction of sp³-hybridized carbons (Fsp3) is 0.214. The van der Waals surface area contributed by atoms with Crippen LogP contribution in [0.1, 0.15) is 30.9 Å². The van der Waals surface area contributed by atoms with E-state index in [0.29, 0.717) is 40.9 Å². The summed E-state index contributed by atoms with van der Waals surface area (Å²) < 4.78 is 5.13. The third-order valence-electron chi connectivity index (χ3n) is 5.92. The summed E-state index contributed by atoms with van der Waals surface area (Å²) in [6.45, 7) is 0.362. The zero-order valence-electron chi connectivity index (χ0n) is 20.3. The van der Waals surface area contributed by atoms with E-state index >= 15 is 0 Å². The molecule has 3 aromatic rings. The SMILES string of the molecule is COc1ccc(NC(=O)CC(=O)N2N=C(N(CCC#N)c3ccccc3Cl)C[C@H]2c2ccccc2)cc1. The van der Waals surface area contributed by atoms with Crippen LogP contribution in [0.2, 0.25) is 5.02 Å². The van der Waals surface area contributed by atoms with E-state index in [2.05, 4.69) is 16.5 Å². The number of carbonyl (C=O) groups excluding carboxylic acids is 2. The predicted octanol–water partition coefficient (Wildman–Crippen LogP) is 5.38. The Balaban J connectivity index is 1.59. The third kappa shape index (κ3) is 6.26. The summed E-state index contributed by atoms with van der Waals surface area (Å²) in [5.41, 5.74) is 2.16. The summed E-state index contributed by atoms with van der Waals surface area (Å²) in [7, 11) is 1.56. The highest BCUT2D eigenvalue weighted by molar-refractivity contribution is 6.34. The van der Waals surface area contributed by atoms with Gasteiger partial charge < -0.3 is 15.0 Å². The number of nitrogens with zero attached hydrogens (tertiary/aromatic N) is 4. The molecule has 0 saturated heterocycles. The van der Waals surface area contributed by atoms with Gasteiger partial charge in [-0.1, -0.05) is 54.1 Å². The number of hydrogen-bond acceptors (Lipinski definition) is 6. The van der Waals surface area contributed by atoms with Gasteiger partial charge in [0, 0.05) is 18.7 Å². The largest absolute Gasteiger partial charge is 0.497 e. The first kappa shape index (κ1) is 25.7. The first-order valence-corrected chi connectivity index (χ1v) is 12.2. The van der Waals surface area contributed by atoms with Crippen LogP contribution in [0.5, 0.6) is 5.75 Å². The Morgan fingerprint density at radius 1 is 1.11 bits per heavy atom. The summed E-state index contributed by atoms with van der Waals surface area (Å²) in [6.07, 6.45) is 0.279. The molecular formula is C28H26ClN5O3. The van der Waals surface area contributed by atoms with E-state index in [-0.39, 0.29) is 12.8 Å². The molecule has 8 nitrogen and oxygen atoms in total. The molecular weight excluding hydrogens is 490 g/mol. The van der Waals surface area contributed by atoms with Gasteiger partial charge in [0.05, 0.1) is 36.4 Å². The number of nitrogens with one attached hydrogen (secondary N) is 1. The molecule has 1 aliphatic rings. The third-order valence-corrected chi connectivity index (χ3v) is 6.24. The second kappa shape index (κ2) is 12.1. The van der Waals surface area contributed by atoms with Crippen molar-refractivity contribution in [1.82, 2.24) is 5.01 Å². The van der Waals surface area contributed by atoms with Crippen molar-refractivity contribution in [3.8, 4) is 11.8 Å². The van der Waals surface area contributed by atoms with Crippen molar-refractivity contribution < 1.29 is 14.3 Å². The number of rotatable bonds is 8. The van der Waals surface area contributed by atoms with Gasteiger partial charge in [-0.2, -0.15) is 10.4 Å². The van der Waals surface area contributed by atoms with E-state index in [1.54, 1.807) is 37.4 Å². The maximum absolute atomic E-state index is 13.4. The summed E-state index contributed by atoms with van der Waals surface area (Å²) >= 11 is 6.47. The van der Waals surface area contributed by atoms with Gasteiger partial charge in [-0.3, -0.25) is 9.59 Å². The number of ether oxygens (including phenoxy) is 1. The number of carbonyl (C=O) groups is 2. The Hall–Kier alpha value is -4.35. The molecule has 0 fully saturated rings. The molecule has 3 aromatic carbocycles. The van der Waals surface area contributed by atoms with E-state index < -0.39 is 17.9 Å². The molecule has 2 amide bonds. The lowest BCUT2D eigenvalue weighted by molar-refractivity contribution is -0.136. The number of hydrogen-bond donors (Lipinski definition) is 1. The van der Waals surface area contributed by atoms with Crippen LogP contribution in [0.25, 0.3) is 0 Å². The molecule has 1 heterocycles. The topological polar surface area (TPSA) is 98.0 Å². The molecule has 188 valence electrons. The molecule has 0 saturated carbocycles. The fourth-order valence-electron chi connectivity index (χ4n) is 4.14. The smallest absolute Gasteiger partial charge is 0.252 e. The molecule has 1 atom stereocenters. The maximum Gasteiger partial charge on any atom is 0.252 e. The number of anilines is 2. The fourth-order valence-corrected chi connectivity index (χ4v) is 4.38. The average molecular weight is 516 g/mol. The lowest BCUT2D eigenvalue weighted by atomic mass is 10.0. The highest BCUT2D eigenvalue weighted by Crippen LogP contribution is 2.35. The number of hydrazone groups is 1. The molecule has 0 spiro atoms. The number of halogens is 1. The molecule has 0 aliphatic carbocycles. The summed E-state index contributed by atoms with van der Waals surface area (Å²) in [5, 5.41) is 18.5. The van der Waals surface area contributed by atoms with E-state index in [1.807, 2.05) is 53.4 Å². The van der Waals surface area contributed by atoms with Gasteiger partial charge in [-0.25, -0.2) is 5.01 Å². The minimum absolute atomic E-state index is 0.248. The molecule has 1 N–H and O–H groups in total. The van der Waals surface area contributed by atoms with Crippen molar-refractivity contribution >= 4 is 40.6 Å². The molecule has 4 rings (SSSR count). The lowest BCUT2D eigenvalue weighted by Crippen LogP contribution is -2.31. The van der Waals surface area contributed by atoms with Gasteiger partial charge in [0.2, 0.25) is 5.91 Å². The van der Waals surface area contributed by atoms with Crippen molar-refractivity contribution in [2.45, 2.75) is 25.3 Å². The van der Waals surface area contributed by atoms with E-state index in [1.165, 1.54) is 5.01 Å². The minimum Gasteiger partial charge on any atom is -0.497 e. The molecule has 0 unspecified atom stereocenters. The Labute approximate surface area is 220 Å². The molecule has 0 radical (unpaired) electrons. The van der Waals surface area contributed by atoms with Gasteiger partial charge in [-0.15, -0.1) is 0 Å². The molecule has 1 aliphatic heterocycles. The van der Waals surface area contributed by atoms with Gasteiger partial charge >= 0.3 is 0 Å². The van der Waals surface area contributed by atoms with Crippen LogP contribution in [0, 0.1) is 11.3 Å². The van der Waals surface area contributed by atoms with Gasteiger partial charge in [0.25, 0.3) is 5.91 Å². The number of para-hydroxylation sites is 1. The number of methoxy groups -OCH3 is 1. The van der Waals surface area contributed by atoms with Crippen LogP contribution in [0.4, 0.5) is 11.4 Å². The van der Waals surface area contributed by atoms with Crippen molar-refractivity contribution in [2.24, 2.45) is 5.10 Å². The number of benzene rings is 3. The van der Waals surface area contributed by atoms with Crippen molar-refractivity contribution in [1.29, 1.82) is 5.26 Å². The zero-order chi connectivity index (χ0) is 26.2. The Morgan fingerprint density at radius 2 is 1.81 bits per heavy atom. The van der Waals surface area contributed by atoms with Crippen molar-refractivity contribution in [3.05, 3.63) is 89.4 Å². The Bertz CT molecular complexity index is 1320. The monoisotopic (exact) mass is 515 g/mol. The molecule has 0 bridgehead atoms. The Morgan fingerprint density at radius 3 is 2.49 bits per heavy atom. The Kier molecular flexibility index (Phi) is 8.39. The second-order valence-corrected chi connectivity index (χ2v) is 8.76. The first-order chi connectivity index (χ1) is 18.0. The number of amidine groups is 1. The normalized spacial score (nSPS) is 14.5. The minimum atomic E-state index is -0.446. The van der Waals surface area contributed by atoms with Gasteiger partial charge in [0.1, 0.15) is 18.0 Å². The predicted molar refractivity (Wildman–Crippen MR) is 143 cm³/mol. The number of nitriles is 1. The maximum atomic E-state index is 13.4.